The van der Waals surface area contributed by atoms with Gasteiger partial charge >= 0.3 is 0 Å². The maximum atomic E-state index is 14.2. The lowest BCUT2D eigenvalue weighted by Gasteiger charge is -2.26. The molecule has 2 amide bonds. The van der Waals surface area contributed by atoms with E-state index < -0.39 is 28.5 Å². The molecule has 2 atom stereocenters. The van der Waals surface area contributed by atoms with E-state index in [1.165, 1.54) is 23.1 Å². The summed E-state index contributed by atoms with van der Waals surface area (Å²) in [6.45, 7) is -0.189. The molecular formula is C18H13ClFN3O3S. The van der Waals surface area contributed by atoms with Gasteiger partial charge in [0.1, 0.15) is 11.1 Å². The highest BCUT2D eigenvalue weighted by Gasteiger charge is 2.59. The number of thioether (sulfide) groups is 1. The summed E-state index contributed by atoms with van der Waals surface area (Å²) in [6, 6.07) is 10.7. The number of nitrogens with zero attached hydrogens (tertiary/aromatic N) is 2. The van der Waals surface area contributed by atoms with Gasteiger partial charge in [-0.15, -0.1) is 0 Å². The molecule has 4 rings (SSSR count). The summed E-state index contributed by atoms with van der Waals surface area (Å²) >= 11 is 6.92. The Bertz CT molecular complexity index is 995. The van der Waals surface area contributed by atoms with Crippen LogP contribution in [0.5, 0.6) is 0 Å². The summed E-state index contributed by atoms with van der Waals surface area (Å²) in [5.41, 5.74) is 4.19. The molecule has 0 saturated carbocycles. The second-order valence-corrected chi connectivity index (χ2v) is 7.69. The van der Waals surface area contributed by atoms with Gasteiger partial charge in [0.15, 0.2) is 10.8 Å². The van der Waals surface area contributed by atoms with E-state index in [2.05, 4.69) is 4.99 Å². The maximum absolute atomic E-state index is 14.2. The second-order valence-electron chi connectivity index (χ2n) is 6.16. The number of aliphatic hydroxyl groups is 1. The topological polar surface area (TPSA) is 96.0 Å². The average Bonchev–Trinajstić information content (AvgIpc) is 3.08. The van der Waals surface area contributed by atoms with Crippen molar-refractivity contribution in [1.29, 1.82) is 0 Å². The summed E-state index contributed by atoms with van der Waals surface area (Å²) in [5.74, 6) is -2.00. The Morgan fingerprint density at radius 2 is 2.00 bits per heavy atom. The molecule has 2 aliphatic rings. The van der Waals surface area contributed by atoms with E-state index in [-0.39, 0.29) is 27.9 Å². The zero-order valence-electron chi connectivity index (χ0n) is 13.7. The van der Waals surface area contributed by atoms with Gasteiger partial charge in [-0.25, -0.2) is 4.39 Å². The van der Waals surface area contributed by atoms with Crippen molar-refractivity contribution in [3.8, 4) is 0 Å². The van der Waals surface area contributed by atoms with Crippen molar-refractivity contribution in [3.63, 3.8) is 0 Å². The first-order chi connectivity index (χ1) is 12.8. The number of hydrogen-bond acceptors (Lipinski definition) is 5. The Kier molecular flexibility index (Phi) is 4.21. The van der Waals surface area contributed by atoms with Crippen molar-refractivity contribution < 1.29 is 19.1 Å². The number of fused-ring (bicyclic) bond motifs is 1. The van der Waals surface area contributed by atoms with E-state index in [1.54, 1.807) is 24.3 Å². The van der Waals surface area contributed by atoms with Gasteiger partial charge in [0.25, 0.3) is 11.8 Å². The molecule has 0 aromatic heterocycles. The predicted molar refractivity (Wildman–Crippen MR) is 101 cm³/mol. The van der Waals surface area contributed by atoms with Gasteiger partial charge in [-0.05, 0) is 18.2 Å². The van der Waals surface area contributed by atoms with Crippen molar-refractivity contribution in [2.24, 2.45) is 10.7 Å². The van der Waals surface area contributed by atoms with Crippen LogP contribution in [0.4, 0.5) is 10.1 Å². The standard InChI is InChI=1S/C18H13ClFN3O3S/c19-11-5-3-6-12(20)9(11)8-23-13-7-2-1-4-10(13)18(26,16(23)25)14-15(24)22-17(21)27-14/h1-7,14,26H,8H2,(H2,21,22,24)/t14-,18+/m0/s1. The average molecular weight is 406 g/mol. The van der Waals surface area contributed by atoms with Crippen LogP contribution in [0.15, 0.2) is 47.5 Å². The summed E-state index contributed by atoms with van der Waals surface area (Å²) in [4.78, 5) is 30.2. The van der Waals surface area contributed by atoms with E-state index in [0.717, 1.165) is 11.8 Å². The third kappa shape index (κ3) is 2.63. The zero-order valence-corrected chi connectivity index (χ0v) is 15.3. The predicted octanol–water partition coefficient (Wildman–Crippen LogP) is 2.17. The number of para-hydroxylation sites is 1. The Labute approximate surface area is 162 Å². The van der Waals surface area contributed by atoms with Crippen LogP contribution in [-0.4, -0.2) is 27.3 Å². The van der Waals surface area contributed by atoms with Crippen LogP contribution in [0, 0.1) is 5.82 Å². The van der Waals surface area contributed by atoms with Gasteiger partial charge in [-0.1, -0.05) is 47.6 Å². The first-order valence-corrected chi connectivity index (χ1v) is 9.21. The van der Waals surface area contributed by atoms with Crippen molar-refractivity contribution in [3.05, 3.63) is 64.4 Å². The maximum Gasteiger partial charge on any atom is 0.265 e. The fraction of sp³-hybridized carbons (Fsp3) is 0.167. The summed E-state index contributed by atoms with van der Waals surface area (Å²) < 4.78 is 14.2. The lowest BCUT2D eigenvalue weighted by Crippen LogP contribution is -2.49. The van der Waals surface area contributed by atoms with Gasteiger partial charge in [0.05, 0.1) is 12.2 Å². The fourth-order valence-corrected chi connectivity index (χ4v) is 4.50. The van der Waals surface area contributed by atoms with E-state index >= 15 is 0 Å². The zero-order chi connectivity index (χ0) is 19.3. The minimum atomic E-state index is -2.15. The molecule has 138 valence electrons. The SMILES string of the molecule is NC1=NC(=O)[C@@H]([C@@]2(O)C(=O)N(Cc3c(F)cccc3Cl)c3ccccc32)S1. The smallest absolute Gasteiger partial charge is 0.265 e. The number of anilines is 1. The first-order valence-electron chi connectivity index (χ1n) is 7.95. The molecule has 2 aromatic rings. The highest BCUT2D eigenvalue weighted by atomic mass is 35.5. The number of nitrogens with two attached hydrogens (primary N) is 1. The largest absolute Gasteiger partial charge is 0.378 e. The lowest BCUT2D eigenvalue weighted by molar-refractivity contribution is -0.140. The first kappa shape index (κ1) is 18.0. The van der Waals surface area contributed by atoms with Crippen molar-refractivity contribution in [1.82, 2.24) is 0 Å². The number of halogens is 2. The third-order valence-electron chi connectivity index (χ3n) is 4.62. The van der Waals surface area contributed by atoms with Crippen LogP contribution in [0.25, 0.3) is 0 Å². The molecular weight excluding hydrogens is 393 g/mol. The van der Waals surface area contributed by atoms with Crippen LogP contribution < -0.4 is 10.6 Å². The molecule has 9 heteroatoms. The molecule has 2 heterocycles. The minimum absolute atomic E-state index is 0.0145. The number of carbonyl (C=O) groups is 2. The molecule has 0 bridgehead atoms. The molecule has 6 nitrogen and oxygen atoms in total. The van der Waals surface area contributed by atoms with Gasteiger partial charge in [-0.3, -0.25) is 9.59 Å². The quantitative estimate of drug-likeness (QED) is 0.815. The van der Waals surface area contributed by atoms with E-state index in [1.807, 2.05) is 0 Å². The normalized spacial score (nSPS) is 24.3. The van der Waals surface area contributed by atoms with Crippen LogP contribution in [-0.2, 0) is 21.7 Å². The van der Waals surface area contributed by atoms with Crippen LogP contribution >= 0.6 is 23.4 Å². The lowest BCUT2D eigenvalue weighted by atomic mass is 9.91. The second kappa shape index (κ2) is 6.33. The molecule has 2 aliphatic heterocycles. The minimum Gasteiger partial charge on any atom is -0.378 e. The molecule has 0 spiro atoms. The van der Waals surface area contributed by atoms with E-state index in [4.69, 9.17) is 17.3 Å². The Balaban J connectivity index is 1.80. The highest BCUT2D eigenvalue weighted by Crippen LogP contribution is 2.48. The number of amides is 2. The molecule has 0 fully saturated rings. The molecule has 0 aliphatic carbocycles. The van der Waals surface area contributed by atoms with Crippen LogP contribution in [0.3, 0.4) is 0 Å². The van der Waals surface area contributed by atoms with Gasteiger partial charge < -0.3 is 15.7 Å². The molecule has 0 saturated heterocycles. The van der Waals surface area contributed by atoms with Crippen molar-refractivity contribution >= 4 is 46.0 Å². The summed E-state index contributed by atoms with van der Waals surface area (Å²) in [6.07, 6.45) is 0. The monoisotopic (exact) mass is 405 g/mol. The number of carbonyl (C=O) groups excluding carboxylic acids is 2. The summed E-state index contributed by atoms with van der Waals surface area (Å²) in [5, 5.41) is 10.2. The highest BCUT2D eigenvalue weighted by molar-refractivity contribution is 8.15. The Morgan fingerprint density at radius 1 is 1.26 bits per heavy atom. The third-order valence-corrected chi connectivity index (χ3v) is 6.08. The molecule has 0 radical (unpaired) electrons. The molecule has 0 unspecified atom stereocenters. The number of rotatable bonds is 3. The molecule has 27 heavy (non-hydrogen) atoms. The number of hydrogen-bond donors (Lipinski definition) is 2. The van der Waals surface area contributed by atoms with E-state index in [0.29, 0.717) is 5.69 Å². The van der Waals surface area contributed by atoms with Gasteiger partial charge in [0.2, 0.25) is 0 Å². The molecule has 2 aromatic carbocycles. The fourth-order valence-electron chi connectivity index (χ4n) is 3.34. The van der Waals surface area contributed by atoms with Crippen LogP contribution in [0.2, 0.25) is 5.02 Å². The Morgan fingerprint density at radius 3 is 2.67 bits per heavy atom. The number of aliphatic imine (C=N–C) groups is 1. The van der Waals surface area contributed by atoms with Gasteiger partial charge in [0, 0.05) is 16.1 Å². The van der Waals surface area contributed by atoms with E-state index in [9.17, 15) is 19.1 Å². The van der Waals surface area contributed by atoms with Crippen molar-refractivity contribution in [2.45, 2.75) is 17.4 Å². The molecule has 3 N–H and O–H groups in total. The van der Waals surface area contributed by atoms with Gasteiger partial charge in [-0.2, -0.15) is 4.99 Å². The number of amidine groups is 1. The number of benzene rings is 2. The van der Waals surface area contributed by atoms with Crippen LogP contribution in [0.1, 0.15) is 11.1 Å². The Hall–Kier alpha value is -2.42. The summed E-state index contributed by atoms with van der Waals surface area (Å²) in [7, 11) is 0. The van der Waals surface area contributed by atoms with Crippen molar-refractivity contribution in [2.75, 3.05) is 4.90 Å².